The Morgan fingerprint density at radius 2 is 2.31 bits per heavy atom. The maximum Gasteiger partial charge on any atom is 0.220 e. The first kappa shape index (κ1) is 12.1. The zero-order valence-corrected chi connectivity index (χ0v) is 8.37. The van der Waals surface area contributed by atoms with Gasteiger partial charge in [-0.15, -0.1) is 0 Å². The van der Waals surface area contributed by atoms with Crippen LogP contribution < -0.4 is 5.73 Å². The van der Waals surface area contributed by atoms with Crippen LogP contribution in [0.2, 0.25) is 0 Å². The Balaban J connectivity index is 2.92. The predicted octanol–water partition coefficient (Wildman–Crippen LogP) is -0.777. The molecule has 0 aliphatic rings. The van der Waals surface area contributed by atoms with E-state index in [1.54, 1.807) is 6.07 Å². The van der Waals surface area contributed by atoms with E-state index in [1.807, 2.05) is 0 Å². The van der Waals surface area contributed by atoms with Crippen LogP contribution in [0, 0.1) is 11.3 Å². The van der Waals surface area contributed by atoms with Gasteiger partial charge in [-0.1, -0.05) is 6.07 Å². The van der Waals surface area contributed by atoms with Gasteiger partial charge in [0.2, 0.25) is 5.91 Å². The molecule has 0 spiro atoms. The number of rotatable bonds is 4. The van der Waals surface area contributed by atoms with Crippen molar-refractivity contribution in [2.24, 2.45) is 5.73 Å². The summed E-state index contributed by atoms with van der Waals surface area (Å²) in [5.41, 5.74) is 5.08. The van der Waals surface area contributed by atoms with Crippen molar-refractivity contribution in [3.8, 4) is 6.07 Å². The second-order valence-electron chi connectivity index (χ2n) is 3.24. The van der Waals surface area contributed by atoms with Gasteiger partial charge in [0.1, 0.15) is 17.9 Å². The Hall–Kier alpha value is -1.97. The summed E-state index contributed by atoms with van der Waals surface area (Å²) in [4.78, 5) is 14.3. The monoisotopic (exact) mass is 221 g/mol. The van der Waals surface area contributed by atoms with E-state index in [0.717, 1.165) is 0 Å². The molecule has 1 aromatic rings. The fourth-order valence-electron chi connectivity index (χ4n) is 1.27. The van der Waals surface area contributed by atoms with Crippen molar-refractivity contribution in [2.45, 2.75) is 18.6 Å². The first-order valence-electron chi connectivity index (χ1n) is 4.55. The molecule has 1 heterocycles. The Bertz CT molecular complexity index is 428. The summed E-state index contributed by atoms with van der Waals surface area (Å²) in [6.07, 6.45) is -1.67. The van der Waals surface area contributed by atoms with Crippen LogP contribution in [0.5, 0.6) is 0 Å². The molecule has 84 valence electrons. The van der Waals surface area contributed by atoms with E-state index in [0.29, 0.717) is 0 Å². The quantitative estimate of drug-likeness (QED) is 0.616. The lowest BCUT2D eigenvalue weighted by atomic mass is 10.0. The van der Waals surface area contributed by atoms with Crippen molar-refractivity contribution in [1.82, 2.24) is 4.98 Å². The van der Waals surface area contributed by atoms with Gasteiger partial charge in [-0.25, -0.2) is 4.98 Å². The molecule has 0 saturated carbocycles. The number of hydrogen-bond donors (Lipinski definition) is 3. The lowest BCUT2D eigenvalue weighted by Gasteiger charge is -2.17. The summed E-state index contributed by atoms with van der Waals surface area (Å²) in [6, 6.07) is 4.77. The Kier molecular flexibility index (Phi) is 3.94. The number of nitriles is 1. The summed E-state index contributed by atoms with van der Waals surface area (Å²) in [5, 5.41) is 27.9. The number of amides is 1. The van der Waals surface area contributed by atoms with Crippen LogP contribution in [0.3, 0.4) is 0 Å². The molecule has 0 aliphatic heterocycles. The van der Waals surface area contributed by atoms with E-state index < -0.39 is 18.1 Å². The van der Waals surface area contributed by atoms with Gasteiger partial charge < -0.3 is 15.9 Å². The highest BCUT2D eigenvalue weighted by atomic mass is 16.3. The van der Waals surface area contributed by atoms with E-state index >= 15 is 0 Å². The number of aliphatic hydroxyl groups excluding tert-OH is 2. The number of primary amides is 1. The summed E-state index contributed by atoms with van der Waals surface area (Å²) in [5.74, 6) is -0.728. The topological polar surface area (TPSA) is 120 Å². The average Bonchev–Trinajstić information content (AvgIpc) is 2.27. The molecule has 16 heavy (non-hydrogen) atoms. The number of carbonyl (C=O) groups excluding carboxylic acids is 1. The van der Waals surface area contributed by atoms with Crippen molar-refractivity contribution in [1.29, 1.82) is 5.26 Å². The third-order valence-electron chi connectivity index (χ3n) is 2.04. The SMILES string of the molecule is N#Cc1ncccc1C(O)C(O)CC(N)=O. The van der Waals surface area contributed by atoms with Crippen LogP contribution in [0.4, 0.5) is 0 Å². The lowest BCUT2D eigenvalue weighted by molar-refractivity contribution is -0.121. The van der Waals surface area contributed by atoms with E-state index in [2.05, 4.69) is 4.98 Å². The van der Waals surface area contributed by atoms with Crippen LogP contribution in [0.1, 0.15) is 23.8 Å². The average molecular weight is 221 g/mol. The Morgan fingerprint density at radius 3 is 2.88 bits per heavy atom. The molecule has 2 atom stereocenters. The van der Waals surface area contributed by atoms with Gasteiger partial charge >= 0.3 is 0 Å². The third-order valence-corrected chi connectivity index (χ3v) is 2.04. The van der Waals surface area contributed by atoms with Gasteiger partial charge in [0.05, 0.1) is 12.5 Å². The molecule has 6 heteroatoms. The fourth-order valence-corrected chi connectivity index (χ4v) is 1.27. The Morgan fingerprint density at radius 1 is 1.62 bits per heavy atom. The maximum absolute atomic E-state index is 10.6. The maximum atomic E-state index is 10.6. The van der Waals surface area contributed by atoms with Crippen molar-refractivity contribution >= 4 is 5.91 Å². The summed E-state index contributed by atoms with van der Waals surface area (Å²) >= 11 is 0. The highest BCUT2D eigenvalue weighted by Crippen LogP contribution is 2.20. The molecule has 0 radical (unpaired) electrons. The molecule has 2 unspecified atom stereocenters. The molecule has 0 aromatic carbocycles. The number of pyridine rings is 1. The second-order valence-corrected chi connectivity index (χ2v) is 3.24. The molecule has 6 nitrogen and oxygen atoms in total. The molecule has 0 bridgehead atoms. The first-order chi connectivity index (χ1) is 7.56. The Labute approximate surface area is 92.0 Å². The molecule has 0 aliphatic carbocycles. The van der Waals surface area contributed by atoms with E-state index in [4.69, 9.17) is 11.0 Å². The minimum Gasteiger partial charge on any atom is -0.390 e. The second kappa shape index (κ2) is 5.21. The first-order valence-corrected chi connectivity index (χ1v) is 4.55. The number of nitrogens with two attached hydrogens (primary N) is 1. The smallest absolute Gasteiger partial charge is 0.220 e. The van der Waals surface area contributed by atoms with Gasteiger partial charge in [-0.3, -0.25) is 4.79 Å². The van der Waals surface area contributed by atoms with Crippen molar-refractivity contribution in [3.05, 3.63) is 29.6 Å². The van der Waals surface area contributed by atoms with Gasteiger partial charge in [-0.05, 0) is 6.07 Å². The summed E-state index contributed by atoms with van der Waals surface area (Å²) in [7, 11) is 0. The molecule has 1 amide bonds. The van der Waals surface area contributed by atoms with Crippen molar-refractivity contribution in [3.63, 3.8) is 0 Å². The number of hydrogen-bond acceptors (Lipinski definition) is 5. The van der Waals surface area contributed by atoms with Gasteiger partial charge in [0.15, 0.2) is 0 Å². The van der Waals surface area contributed by atoms with E-state index in [-0.39, 0.29) is 17.7 Å². The molecule has 4 N–H and O–H groups in total. The number of carbonyl (C=O) groups is 1. The number of aliphatic hydroxyl groups is 2. The zero-order chi connectivity index (χ0) is 12.1. The summed E-state index contributed by atoms with van der Waals surface area (Å²) < 4.78 is 0. The summed E-state index contributed by atoms with van der Waals surface area (Å²) in [6.45, 7) is 0. The van der Waals surface area contributed by atoms with Crippen molar-refractivity contribution in [2.75, 3.05) is 0 Å². The highest BCUT2D eigenvalue weighted by molar-refractivity contribution is 5.74. The highest BCUT2D eigenvalue weighted by Gasteiger charge is 2.23. The van der Waals surface area contributed by atoms with Crippen molar-refractivity contribution < 1.29 is 15.0 Å². The van der Waals surface area contributed by atoms with E-state index in [1.165, 1.54) is 18.3 Å². The van der Waals surface area contributed by atoms with Crippen LogP contribution in [-0.4, -0.2) is 27.2 Å². The van der Waals surface area contributed by atoms with Crippen LogP contribution in [0.25, 0.3) is 0 Å². The molecular formula is C10H11N3O3. The normalized spacial score (nSPS) is 13.8. The van der Waals surface area contributed by atoms with Gasteiger partial charge in [-0.2, -0.15) is 5.26 Å². The molecule has 0 fully saturated rings. The minimum absolute atomic E-state index is 0.0125. The van der Waals surface area contributed by atoms with Gasteiger partial charge in [0, 0.05) is 11.8 Å². The largest absolute Gasteiger partial charge is 0.390 e. The molecular weight excluding hydrogens is 210 g/mol. The predicted molar refractivity (Wildman–Crippen MR) is 53.7 cm³/mol. The van der Waals surface area contributed by atoms with Gasteiger partial charge in [0.25, 0.3) is 0 Å². The zero-order valence-electron chi connectivity index (χ0n) is 8.37. The number of aromatic nitrogens is 1. The fraction of sp³-hybridized carbons (Fsp3) is 0.300. The van der Waals surface area contributed by atoms with Crippen LogP contribution in [-0.2, 0) is 4.79 Å². The van der Waals surface area contributed by atoms with E-state index in [9.17, 15) is 15.0 Å². The lowest BCUT2D eigenvalue weighted by Crippen LogP contribution is -2.26. The third kappa shape index (κ3) is 2.76. The standard InChI is InChI=1S/C10H11N3O3/c11-5-7-6(2-1-3-13-7)10(16)8(14)4-9(12)15/h1-3,8,10,14,16H,4H2,(H2,12,15). The molecule has 1 rings (SSSR count). The number of nitrogens with zero attached hydrogens (tertiary/aromatic N) is 2. The van der Waals surface area contributed by atoms with Crippen LogP contribution in [0.15, 0.2) is 18.3 Å². The molecule has 0 saturated heterocycles. The minimum atomic E-state index is -1.35. The van der Waals surface area contributed by atoms with Crippen LogP contribution >= 0.6 is 0 Å². The molecule has 1 aromatic heterocycles.